The first-order chi connectivity index (χ1) is 13.7. The van der Waals surface area contributed by atoms with Crippen molar-refractivity contribution in [3.63, 3.8) is 0 Å². The average Bonchev–Trinajstić information content (AvgIpc) is 2.68. The zero-order chi connectivity index (χ0) is 21.0. The lowest BCUT2D eigenvalue weighted by atomic mass is 9.95. The Morgan fingerprint density at radius 2 is 1.48 bits per heavy atom. The Morgan fingerprint density at radius 1 is 0.828 bits per heavy atom. The summed E-state index contributed by atoms with van der Waals surface area (Å²) in [6, 6.07) is 22.0. The quantitative estimate of drug-likeness (QED) is 0.642. The monoisotopic (exact) mass is 408 g/mol. The third-order valence-corrected chi connectivity index (χ3v) is 5.33. The summed E-state index contributed by atoms with van der Waals surface area (Å²) in [4.78, 5) is 12.9. The fraction of sp³-hybridized carbons (Fsp3) is 0.174. The summed E-state index contributed by atoms with van der Waals surface area (Å²) in [5.74, 6) is -0.233. The van der Waals surface area contributed by atoms with E-state index in [9.17, 15) is 13.2 Å². The normalized spacial score (nSPS) is 12.2. The Kier molecular flexibility index (Phi) is 6.03. The van der Waals surface area contributed by atoms with Crippen LogP contribution in [0.3, 0.4) is 0 Å². The molecule has 0 saturated heterocycles. The van der Waals surface area contributed by atoms with Gasteiger partial charge in [-0.1, -0.05) is 48.5 Å². The number of sulfonamides is 1. The van der Waals surface area contributed by atoms with Gasteiger partial charge in [-0.2, -0.15) is 0 Å². The first-order valence-electron chi connectivity index (χ1n) is 9.24. The van der Waals surface area contributed by atoms with Gasteiger partial charge in [-0.15, -0.1) is 0 Å². The molecule has 0 aliphatic rings. The van der Waals surface area contributed by atoms with Crippen LogP contribution in [-0.4, -0.2) is 20.6 Å². The molecule has 0 unspecified atom stereocenters. The summed E-state index contributed by atoms with van der Waals surface area (Å²) in [7, 11) is -3.36. The molecule has 1 amide bonds. The van der Waals surface area contributed by atoms with Crippen molar-refractivity contribution < 1.29 is 13.2 Å². The van der Waals surface area contributed by atoms with E-state index in [1.54, 1.807) is 24.3 Å². The van der Waals surface area contributed by atoms with Crippen LogP contribution in [-0.2, 0) is 10.0 Å². The van der Waals surface area contributed by atoms with E-state index in [4.69, 9.17) is 0 Å². The number of anilines is 1. The molecular weight excluding hydrogens is 384 g/mol. The summed E-state index contributed by atoms with van der Waals surface area (Å²) in [6.07, 6.45) is 1.08. The van der Waals surface area contributed by atoms with Crippen LogP contribution in [0.15, 0.2) is 72.8 Å². The minimum atomic E-state index is -3.36. The molecule has 0 aliphatic carbocycles. The van der Waals surface area contributed by atoms with Crippen LogP contribution in [0.25, 0.3) is 0 Å². The molecule has 0 heterocycles. The minimum absolute atomic E-state index is 0.233. The lowest BCUT2D eigenvalue weighted by Crippen LogP contribution is -2.29. The van der Waals surface area contributed by atoms with Crippen molar-refractivity contribution in [2.24, 2.45) is 0 Å². The van der Waals surface area contributed by atoms with Crippen LogP contribution in [0, 0.1) is 13.8 Å². The second-order valence-corrected chi connectivity index (χ2v) is 8.86. The van der Waals surface area contributed by atoms with Gasteiger partial charge in [0.2, 0.25) is 10.0 Å². The van der Waals surface area contributed by atoms with E-state index in [2.05, 4.69) is 36.0 Å². The maximum Gasteiger partial charge on any atom is 0.252 e. The van der Waals surface area contributed by atoms with Gasteiger partial charge in [-0.25, -0.2) is 8.42 Å². The van der Waals surface area contributed by atoms with E-state index in [1.165, 1.54) is 5.56 Å². The van der Waals surface area contributed by atoms with Crippen molar-refractivity contribution in [1.29, 1.82) is 0 Å². The Bertz CT molecular complexity index is 1110. The summed E-state index contributed by atoms with van der Waals surface area (Å²) in [5.41, 5.74) is 5.21. The van der Waals surface area contributed by atoms with Gasteiger partial charge in [0.1, 0.15) is 0 Å². The minimum Gasteiger partial charge on any atom is -0.341 e. The highest BCUT2D eigenvalue weighted by molar-refractivity contribution is 7.92. The van der Waals surface area contributed by atoms with Gasteiger partial charge in [-0.05, 0) is 60.4 Å². The fourth-order valence-electron chi connectivity index (χ4n) is 3.07. The highest BCUT2D eigenvalue weighted by Gasteiger charge is 2.18. The molecular formula is C23H24N2O3S. The standard InChI is InChI=1S/C23H24N2O3S/c1-16-9-10-20(15-17(16)2)22(18-7-5-4-6-8-18)24-23(26)19-11-13-21(14-12-19)25-29(3,27)28/h4-15,22,25H,1-3H3,(H,24,26)/t22-/m1/s1. The Hall–Kier alpha value is -3.12. The maximum atomic E-state index is 12.9. The molecule has 0 aromatic heterocycles. The molecule has 1 atom stereocenters. The van der Waals surface area contributed by atoms with E-state index in [-0.39, 0.29) is 11.9 Å². The molecule has 0 aliphatic heterocycles. The van der Waals surface area contributed by atoms with E-state index >= 15 is 0 Å². The lowest BCUT2D eigenvalue weighted by molar-refractivity contribution is 0.0943. The molecule has 3 aromatic carbocycles. The van der Waals surface area contributed by atoms with Gasteiger partial charge in [0, 0.05) is 11.3 Å². The summed E-state index contributed by atoms with van der Waals surface area (Å²) < 4.78 is 25.1. The molecule has 29 heavy (non-hydrogen) atoms. The molecule has 2 N–H and O–H groups in total. The van der Waals surface area contributed by atoms with Gasteiger partial charge >= 0.3 is 0 Å². The van der Waals surface area contributed by atoms with Crippen molar-refractivity contribution in [2.45, 2.75) is 19.9 Å². The summed E-state index contributed by atoms with van der Waals surface area (Å²) >= 11 is 0. The van der Waals surface area contributed by atoms with Crippen LogP contribution in [0.4, 0.5) is 5.69 Å². The maximum absolute atomic E-state index is 12.9. The predicted octanol–water partition coefficient (Wildman–Crippen LogP) is 4.19. The number of carbonyl (C=O) groups is 1. The molecule has 150 valence electrons. The molecule has 0 bridgehead atoms. The molecule has 3 aromatic rings. The van der Waals surface area contributed by atoms with Gasteiger partial charge in [0.15, 0.2) is 0 Å². The predicted molar refractivity (Wildman–Crippen MR) is 117 cm³/mol. The van der Waals surface area contributed by atoms with Crippen LogP contribution in [0.1, 0.15) is 38.7 Å². The number of hydrogen-bond donors (Lipinski definition) is 2. The van der Waals surface area contributed by atoms with E-state index < -0.39 is 10.0 Å². The second kappa shape index (κ2) is 8.49. The molecule has 6 heteroatoms. The smallest absolute Gasteiger partial charge is 0.252 e. The van der Waals surface area contributed by atoms with Crippen molar-refractivity contribution in [3.05, 3.63) is 101 Å². The van der Waals surface area contributed by atoms with E-state index in [0.717, 1.165) is 22.9 Å². The molecule has 0 fully saturated rings. The first kappa shape index (κ1) is 20.6. The molecule has 0 radical (unpaired) electrons. The topological polar surface area (TPSA) is 75.3 Å². The van der Waals surface area contributed by atoms with Crippen molar-refractivity contribution in [1.82, 2.24) is 5.32 Å². The van der Waals surface area contributed by atoms with Crippen LogP contribution >= 0.6 is 0 Å². The van der Waals surface area contributed by atoms with Crippen molar-refractivity contribution in [3.8, 4) is 0 Å². The number of aryl methyl sites for hydroxylation is 2. The Balaban J connectivity index is 1.87. The number of amides is 1. The van der Waals surface area contributed by atoms with E-state index in [0.29, 0.717) is 11.3 Å². The van der Waals surface area contributed by atoms with Crippen LogP contribution in [0.5, 0.6) is 0 Å². The van der Waals surface area contributed by atoms with Crippen molar-refractivity contribution >= 4 is 21.6 Å². The molecule has 3 rings (SSSR count). The zero-order valence-electron chi connectivity index (χ0n) is 16.6. The highest BCUT2D eigenvalue weighted by atomic mass is 32.2. The van der Waals surface area contributed by atoms with Gasteiger partial charge < -0.3 is 5.32 Å². The summed E-state index contributed by atoms with van der Waals surface area (Å²) in [6.45, 7) is 4.11. The number of nitrogens with one attached hydrogen (secondary N) is 2. The van der Waals surface area contributed by atoms with Gasteiger partial charge in [-0.3, -0.25) is 9.52 Å². The third kappa shape index (κ3) is 5.45. The average molecular weight is 409 g/mol. The highest BCUT2D eigenvalue weighted by Crippen LogP contribution is 2.25. The third-order valence-electron chi connectivity index (χ3n) is 4.72. The molecule has 0 spiro atoms. The zero-order valence-corrected chi connectivity index (χ0v) is 17.5. The largest absolute Gasteiger partial charge is 0.341 e. The Labute approximate surface area is 171 Å². The van der Waals surface area contributed by atoms with Crippen molar-refractivity contribution in [2.75, 3.05) is 11.0 Å². The SMILES string of the molecule is Cc1ccc([C@H](NC(=O)c2ccc(NS(C)(=O)=O)cc2)c2ccccc2)cc1C. The van der Waals surface area contributed by atoms with Gasteiger partial charge in [0.25, 0.3) is 5.91 Å². The number of benzene rings is 3. The van der Waals surface area contributed by atoms with Crippen LogP contribution in [0.2, 0.25) is 0 Å². The molecule has 0 saturated carbocycles. The fourth-order valence-corrected chi connectivity index (χ4v) is 3.63. The van der Waals surface area contributed by atoms with Crippen LogP contribution < -0.4 is 10.0 Å². The summed E-state index contributed by atoms with van der Waals surface area (Å²) in [5, 5.41) is 3.10. The molecule has 5 nitrogen and oxygen atoms in total. The Morgan fingerprint density at radius 3 is 2.07 bits per heavy atom. The lowest BCUT2D eigenvalue weighted by Gasteiger charge is -2.21. The van der Waals surface area contributed by atoms with E-state index in [1.807, 2.05) is 36.4 Å². The number of hydrogen-bond acceptors (Lipinski definition) is 3. The van der Waals surface area contributed by atoms with Gasteiger partial charge in [0.05, 0.1) is 12.3 Å². The number of carbonyl (C=O) groups excluding carboxylic acids is 1. The second-order valence-electron chi connectivity index (χ2n) is 7.11. The number of rotatable bonds is 6. The first-order valence-corrected chi connectivity index (χ1v) is 11.1.